The van der Waals surface area contributed by atoms with Crippen LogP contribution in [-0.2, 0) is 4.74 Å². The quantitative estimate of drug-likeness (QED) is 0.500. The smallest absolute Gasteiger partial charge is 0.295 e. The fourth-order valence-corrected chi connectivity index (χ4v) is 3.80. The molecule has 1 saturated heterocycles. The van der Waals surface area contributed by atoms with E-state index in [1.165, 1.54) is 0 Å². The molecule has 1 aromatic carbocycles. The summed E-state index contributed by atoms with van der Waals surface area (Å²) in [4.78, 5) is 11.6. The van der Waals surface area contributed by atoms with Gasteiger partial charge in [-0.05, 0) is 32.9 Å². The minimum absolute atomic E-state index is 0.205. The van der Waals surface area contributed by atoms with Crippen molar-refractivity contribution in [3.8, 4) is 22.9 Å². The van der Waals surface area contributed by atoms with Crippen LogP contribution < -0.4 is 14.8 Å². The molecular formula is C23H29ClN4O4. The van der Waals surface area contributed by atoms with Gasteiger partial charge in [-0.15, -0.1) is 0 Å². The fraction of sp³-hybridized carbons (Fsp3) is 0.478. The summed E-state index contributed by atoms with van der Waals surface area (Å²) in [5.41, 5.74) is 1.83. The number of nitrogens with zero attached hydrogens (tertiary/aromatic N) is 3. The minimum Gasteiger partial charge on any atom is -0.493 e. The Kier molecular flexibility index (Phi) is 7.34. The van der Waals surface area contributed by atoms with E-state index in [-0.39, 0.29) is 6.04 Å². The van der Waals surface area contributed by atoms with Crippen LogP contribution in [0, 0.1) is 0 Å². The van der Waals surface area contributed by atoms with Crippen LogP contribution >= 0.6 is 11.6 Å². The number of nitrogens with one attached hydrogen (secondary N) is 1. The van der Waals surface area contributed by atoms with E-state index in [0.717, 1.165) is 38.2 Å². The Morgan fingerprint density at radius 3 is 2.69 bits per heavy atom. The SMILES string of the molecule is CCOc1cc(-c2coc(NC(C)C)n2)nc2c(Cl)c(OCCN3CCOCC3)ccc12. The number of aromatic nitrogens is 2. The summed E-state index contributed by atoms with van der Waals surface area (Å²) in [5, 5.41) is 4.43. The summed E-state index contributed by atoms with van der Waals surface area (Å²) >= 11 is 6.74. The number of hydrogen-bond acceptors (Lipinski definition) is 8. The first-order chi connectivity index (χ1) is 15.5. The molecule has 1 aliphatic rings. The molecule has 0 radical (unpaired) electrons. The van der Waals surface area contributed by atoms with E-state index in [0.29, 0.717) is 52.7 Å². The molecule has 0 aliphatic carbocycles. The molecule has 0 saturated carbocycles. The van der Waals surface area contributed by atoms with Crippen molar-refractivity contribution < 1.29 is 18.6 Å². The second kappa shape index (κ2) is 10.4. The predicted octanol–water partition coefficient (Wildman–Crippen LogP) is 4.47. The van der Waals surface area contributed by atoms with Crippen LogP contribution in [0.15, 0.2) is 28.9 Å². The van der Waals surface area contributed by atoms with E-state index in [1.54, 1.807) is 6.26 Å². The maximum atomic E-state index is 6.74. The van der Waals surface area contributed by atoms with Crippen LogP contribution in [0.5, 0.6) is 11.5 Å². The van der Waals surface area contributed by atoms with Crippen molar-refractivity contribution >= 4 is 28.5 Å². The van der Waals surface area contributed by atoms with Crippen LogP contribution in [0.1, 0.15) is 20.8 Å². The van der Waals surface area contributed by atoms with Gasteiger partial charge >= 0.3 is 0 Å². The van der Waals surface area contributed by atoms with Crippen molar-refractivity contribution in [1.82, 2.24) is 14.9 Å². The standard InChI is InChI=1S/C23H29ClN4O4/c1-4-30-20-13-17(18-14-32-23(27-18)25-15(2)3)26-22-16(20)5-6-19(21(22)24)31-12-9-28-7-10-29-11-8-28/h5-6,13-15H,4,7-12H2,1-3H3,(H,25,27). The Morgan fingerprint density at radius 1 is 1.12 bits per heavy atom. The van der Waals surface area contributed by atoms with Gasteiger partial charge in [0.15, 0.2) is 0 Å². The van der Waals surface area contributed by atoms with E-state index >= 15 is 0 Å². The molecule has 0 bridgehead atoms. The van der Waals surface area contributed by atoms with Crippen molar-refractivity contribution in [2.45, 2.75) is 26.8 Å². The molecule has 3 aromatic rings. The Morgan fingerprint density at radius 2 is 1.94 bits per heavy atom. The highest BCUT2D eigenvalue weighted by molar-refractivity contribution is 6.36. The number of benzene rings is 1. The molecular weight excluding hydrogens is 432 g/mol. The highest BCUT2D eigenvalue weighted by Crippen LogP contribution is 2.38. The lowest BCUT2D eigenvalue weighted by Gasteiger charge is -2.26. The lowest BCUT2D eigenvalue weighted by molar-refractivity contribution is 0.0322. The van der Waals surface area contributed by atoms with E-state index in [4.69, 9.17) is 35.2 Å². The highest BCUT2D eigenvalue weighted by atomic mass is 35.5. The fourth-order valence-electron chi connectivity index (χ4n) is 3.54. The first-order valence-corrected chi connectivity index (χ1v) is 11.3. The van der Waals surface area contributed by atoms with Gasteiger partial charge in [0.05, 0.1) is 31.0 Å². The van der Waals surface area contributed by atoms with Crippen molar-refractivity contribution in [3.63, 3.8) is 0 Å². The third kappa shape index (κ3) is 5.26. The molecule has 8 nitrogen and oxygen atoms in total. The molecule has 1 N–H and O–H groups in total. The minimum atomic E-state index is 0.205. The number of oxazole rings is 1. The number of hydrogen-bond donors (Lipinski definition) is 1. The molecule has 172 valence electrons. The molecule has 0 unspecified atom stereocenters. The maximum Gasteiger partial charge on any atom is 0.295 e. The predicted molar refractivity (Wildman–Crippen MR) is 125 cm³/mol. The van der Waals surface area contributed by atoms with Crippen LogP contribution in [0.2, 0.25) is 5.02 Å². The van der Waals surface area contributed by atoms with Crippen LogP contribution in [0.4, 0.5) is 6.01 Å². The number of pyridine rings is 1. The summed E-state index contributed by atoms with van der Waals surface area (Å²) in [6.45, 7) is 11.2. The summed E-state index contributed by atoms with van der Waals surface area (Å²) in [6, 6.07) is 6.31. The molecule has 1 fully saturated rings. The summed E-state index contributed by atoms with van der Waals surface area (Å²) < 4.78 is 22.8. The van der Waals surface area contributed by atoms with E-state index in [2.05, 4.69) is 15.2 Å². The molecule has 2 aromatic heterocycles. The number of fused-ring (bicyclic) bond motifs is 1. The molecule has 32 heavy (non-hydrogen) atoms. The zero-order valence-electron chi connectivity index (χ0n) is 18.7. The largest absolute Gasteiger partial charge is 0.493 e. The van der Waals surface area contributed by atoms with Gasteiger partial charge in [-0.25, -0.2) is 4.98 Å². The lowest BCUT2D eigenvalue weighted by Crippen LogP contribution is -2.38. The monoisotopic (exact) mass is 460 g/mol. The van der Waals surface area contributed by atoms with Crippen LogP contribution in [-0.4, -0.2) is 67.0 Å². The van der Waals surface area contributed by atoms with Crippen molar-refractivity contribution in [2.24, 2.45) is 0 Å². The molecule has 0 atom stereocenters. The first kappa shape index (κ1) is 22.6. The average molecular weight is 461 g/mol. The molecule has 0 amide bonds. The van der Waals surface area contributed by atoms with Gasteiger partial charge in [0.25, 0.3) is 6.01 Å². The van der Waals surface area contributed by atoms with Crippen LogP contribution in [0.25, 0.3) is 22.3 Å². The number of rotatable bonds is 9. The molecule has 9 heteroatoms. The van der Waals surface area contributed by atoms with Gasteiger partial charge in [-0.1, -0.05) is 11.6 Å². The summed E-state index contributed by atoms with van der Waals surface area (Å²) in [7, 11) is 0. The van der Waals surface area contributed by atoms with Gasteiger partial charge in [-0.2, -0.15) is 4.98 Å². The van der Waals surface area contributed by atoms with E-state index in [9.17, 15) is 0 Å². The average Bonchev–Trinajstić information content (AvgIpc) is 3.24. The van der Waals surface area contributed by atoms with Crippen LogP contribution in [0.3, 0.4) is 0 Å². The van der Waals surface area contributed by atoms with Gasteiger partial charge in [0.1, 0.15) is 35.1 Å². The van der Waals surface area contributed by atoms with Gasteiger partial charge in [0, 0.05) is 37.1 Å². The lowest BCUT2D eigenvalue weighted by atomic mass is 10.1. The maximum absolute atomic E-state index is 6.74. The number of ether oxygens (including phenoxy) is 3. The normalized spacial score (nSPS) is 14.8. The number of halogens is 1. The zero-order chi connectivity index (χ0) is 22.5. The third-order valence-corrected chi connectivity index (χ3v) is 5.46. The Hall–Kier alpha value is -2.55. The summed E-state index contributed by atoms with van der Waals surface area (Å²) in [6.07, 6.45) is 1.57. The highest BCUT2D eigenvalue weighted by Gasteiger charge is 2.17. The second-order valence-corrected chi connectivity index (χ2v) is 8.23. The first-order valence-electron chi connectivity index (χ1n) is 11.0. The Labute approximate surface area is 192 Å². The number of anilines is 1. The zero-order valence-corrected chi connectivity index (χ0v) is 19.4. The Bertz CT molecular complexity index is 1050. The van der Waals surface area contributed by atoms with Crippen molar-refractivity contribution in [1.29, 1.82) is 0 Å². The van der Waals surface area contributed by atoms with E-state index in [1.807, 2.05) is 39.0 Å². The third-order valence-electron chi connectivity index (χ3n) is 5.09. The van der Waals surface area contributed by atoms with E-state index < -0.39 is 0 Å². The van der Waals surface area contributed by atoms with Crippen molar-refractivity contribution in [2.75, 3.05) is 51.4 Å². The van der Waals surface area contributed by atoms with Gasteiger partial charge < -0.3 is 23.9 Å². The second-order valence-electron chi connectivity index (χ2n) is 7.85. The van der Waals surface area contributed by atoms with Crippen molar-refractivity contribution in [3.05, 3.63) is 29.5 Å². The van der Waals surface area contributed by atoms with Gasteiger partial charge in [0.2, 0.25) is 0 Å². The summed E-state index contributed by atoms with van der Waals surface area (Å²) in [5.74, 6) is 1.29. The molecule has 3 heterocycles. The molecule has 4 rings (SSSR count). The molecule has 0 spiro atoms. The Balaban J connectivity index is 1.61. The molecule has 1 aliphatic heterocycles. The van der Waals surface area contributed by atoms with Gasteiger partial charge in [-0.3, -0.25) is 4.90 Å². The topological polar surface area (TPSA) is 81.9 Å². The number of morpholine rings is 1.